The van der Waals surface area contributed by atoms with Gasteiger partial charge in [-0.1, -0.05) is 37.6 Å². The van der Waals surface area contributed by atoms with E-state index in [0.29, 0.717) is 39.0 Å². The molecule has 25 heavy (non-hydrogen) atoms. The van der Waals surface area contributed by atoms with E-state index in [1.54, 1.807) is 11.8 Å². The first-order valence-corrected chi connectivity index (χ1v) is 8.75. The van der Waals surface area contributed by atoms with Crippen molar-refractivity contribution in [1.29, 1.82) is 0 Å². The van der Waals surface area contributed by atoms with Crippen LogP contribution in [0.5, 0.6) is 0 Å². The Labute approximate surface area is 157 Å². The van der Waals surface area contributed by atoms with Crippen LogP contribution in [0.1, 0.15) is 37.8 Å². The molecule has 1 atom stereocenters. The van der Waals surface area contributed by atoms with Gasteiger partial charge in [-0.15, -0.1) is 12.4 Å². The molecule has 1 unspecified atom stereocenters. The van der Waals surface area contributed by atoms with Crippen molar-refractivity contribution in [2.75, 3.05) is 26.2 Å². The summed E-state index contributed by atoms with van der Waals surface area (Å²) >= 11 is 0. The van der Waals surface area contributed by atoms with E-state index in [1.807, 2.05) is 43.0 Å². The Morgan fingerprint density at radius 1 is 1.12 bits per heavy atom. The lowest BCUT2D eigenvalue weighted by atomic mass is 9.95. The standard InChI is InChI=1S/C19H29N3O2.ClH/c1-4-9-19(3,20)18(24)22-12-10-21(11-13-22)17(23)14-16-8-6-5-7-15(16)2;/h5-8H,4,9-14,20H2,1-3H3;1H. The maximum Gasteiger partial charge on any atom is 0.242 e. The quantitative estimate of drug-likeness (QED) is 0.867. The molecule has 1 aromatic rings. The van der Waals surface area contributed by atoms with Gasteiger partial charge in [0.25, 0.3) is 0 Å². The summed E-state index contributed by atoms with van der Waals surface area (Å²) in [6, 6.07) is 7.96. The van der Waals surface area contributed by atoms with Gasteiger partial charge in [-0.3, -0.25) is 9.59 Å². The van der Waals surface area contributed by atoms with Crippen LogP contribution in [0.4, 0.5) is 0 Å². The molecule has 1 heterocycles. The van der Waals surface area contributed by atoms with Crippen LogP contribution in [0.3, 0.4) is 0 Å². The predicted octanol–water partition coefficient (Wildman–Crippen LogP) is 2.15. The monoisotopic (exact) mass is 367 g/mol. The predicted molar refractivity (Wildman–Crippen MR) is 103 cm³/mol. The summed E-state index contributed by atoms with van der Waals surface area (Å²) in [5.41, 5.74) is 7.54. The van der Waals surface area contributed by atoms with E-state index < -0.39 is 5.54 Å². The van der Waals surface area contributed by atoms with Crippen molar-refractivity contribution in [1.82, 2.24) is 9.80 Å². The van der Waals surface area contributed by atoms with Crippen LogP contribution in [0.2, 0.25) is 0 Å². The van der Waals surface area contributed by atoms with E-state index >= 15 is 0 Å². The molecule has 2 amide bonds. The number of halogens is 1. The maximum absolute atomic E-state index is 12.5. The van der Waals surface area contributed by atoms with Gasteiger partial charge in [0.15, 0.2) is 0 Å². The molecular weight excluding hydrogens is 338 g/mol. The SMILES string of the molecule is CCCC(C)(N)C(=O)N1CCN(C(=O)Cc2ccccc2C)CC1.Cl. The topological polar surface area (TPSA) is 66.6 Å². The third-order valence-electron chi connectivity index (χ3n) is 4.78. The molecule has 1 saturated heterocycles. The van der Waals surface area contributed by atoms with Crippen molar-refractivity contribution >= 4 is 24.2 Å². The lowest BCUT2D eigenvalue weighted by molar-refractivity contribution is -0.142. The Hall–Kier alpha value is -1.59. The average molecular weight is 368 g/mol. The Morgan fingerprint density at radius 2 is 1.68 bits per heavy atom. The van der Waals surface area contributed by atoms with Gasteiger partial charge in [0.05, 0.1) is 12.0 Å². The number of carbonyl (C=O) groups excluding carboxylic acids is 2. The van der Waals surface area contributed by atoms with E-state index in [0.717, 1.165) is 17.5 Å². The van der Waals surface area contributed by atoms with Crippen molar-refractivity contribution < 1.29 is 9.59 Å². The number of nitrogens with two attached hydrogens (primary N) is 1. The first-order chi connectivity index (χ1) is 11.3. The molecule has 6 heteroatoms. The number of hydrogen-bond acceptors (Lipinski definition) is 3. The van der Waals surface area contributed by atoms with Crippen LogP contribution in [0.15, 0.2) is 24.3 Å². The number of carbonyl (C=O) groups is 2. The summed E-state index contributed by atoms with van der Waals surface area (Å²) < 4.78 is 0. The fourth-order valence-electron chi connectivity index (χ4n) is 3.23. The normalized spacial score (nSPS) is 16.8. The molecular formula is C19H30ClN3O2. The number of benzene rings is 1. The van der Waals surface area contributed by atoms with Gasteiger partial charge >= 0.3 is 0 Å². The third kappa shape index (κ3) is 5.44. The summed E-state index contributed by atoms with van der Waals surface area (Å²) in [6.45, 7) is 8.14. The average Bonchev–Trinajstić information content (AvgIpc) is 2.56. The number of amides is 2. The van der Waals surface area contributed by atoms with E-state index in [1.165, 1.54) is 0 Å². The molecule has 1 aliphatic heterocycles. The number of nitrogens with zero attached hydrogens (tertiary/aromatic N) is 2. The first kappa shape index (κ1) is 21.5. The minimum absolute atomic E-state index is 0. The Morgan fingerprint density at radius 3 is 2.24 bits per heavy atom. The van der Waals surface area contributed by atoms with E-state index in [9.17, 15) is 9.59 Å². The van der Waals surface area contributed by atoms with Crippen molar-refractivity contribution in [3.05, 3.63) is 35.4 Å². The summed E-state index contributed by atoms with van der Waals surface area (Å²) in [5, 5.41) is 0. The molecule has 0 saturated carbocycles. The molecule has 2 rings (SSSR count). The second-order valence-corrected chi connectivity index (χ2v) is 6.94. The fraction of sp³-hybridized carbons (Fsp3) is 0.579. The van der Waals surface area contributed by atoms with Crippen molar-refractivity contribution in [2.24, 2.45) is 5.73 Å². The molecule has 0 aromatic heterocycles. The minimum Gasteiger partial charge on any atom is -0.339 e. The van der Waals surface area contributed by atoms with Crippen LogP contribution >= 0.6 is 12.4 Å². The molecule has 140 valence electrons. The Balaban J connectivity index is 0.00000312. The van der Waals surface area contributed by atoms with E-state index in [4.69, 9.17) is 5.73 Å². The molecule has 2 N–H and O–H groups in total. The number of hydrogen-bond donors (Lipinski definition) is 1. The van der Waals surface area contributed by atoms with Crippen LogP contribution in [0, 0.1) is 6.92 Å². The fourth-order valence-corrected chi connectivity index (χ4v) is 3.23. The molecule has 1 fully saturated rings. The highest BCUT2D eigenvalue weighted by Crippen LogP contribution is 2.16. The molecule has 5 nitrogen and oxygen atoms in total. The van der Waals surface area contributed by atoms with Gasteiger partial charge in [-0.2, -0.15) is 0 Å². The molecule has 0 radical (unpaired) electrons. The lowest BCUT2D eigenvalue weighted by Crippen LogP contribution is -2.58. The molecule has 0 bridgehead atoms. The van der Waals surface area contributed by atoms with Crippen molar-refractivity contribution in [3.8, 4) is 0 Å². The van der Waals surface area contributed by atoms with Gasteiger partial charge < -0.3 is 15.5 Å². The van der Waals surface area contributed by atoms with E-state index in [-0.39, 0.29) is 24.2 Å². The number of rotatable bonds is 5. The maximum atomic E-state index is 12.5. The van der Waals surface area contributed by atoms with Gasteiger partial charge in [0.1, 0.15) is 0 Å². The minimum atomic E-state index is -0.803. The third-order valence-corrected chi connectivity index (χ3v) is 4.78. The second kappa shape index (κ2) is 9.20. The first-order valence-electron chi connectivity index (χ1n) is 8.75. The van der Waals surface area contributed by atoms with Gasteiger partial charge in [-0.05, 0) is 31.4 Å². The van der Waals surface area contributed by atoms with Crippen LogP contribution in [-0.2, 0) is 16.0 Å². The highest BCUT2D eigenvalue weighted by molar-refractivity contribution is 5.86. The van der Waals surface area contributed by atoms with Gasteiger partial charge in [0.2, 0.25) is 11.8 Å². The Kier molecular flexibility index (Phi) is 7.90. The molecule has 1 aliphatic rings. The second-order valence-electron chi connectivity index (χ2n) is 6.94. The van der Waals surface area contributed by atoms with Crippen molar-refractivity contribution in [2.45, 2.75) is 45.6 Å². The van der Waals surface area contributed by atoms with Crippen LogP contribution in [-0.4, -0.2) is 53.3 Å². The number of piperazine rings is 1. The molecule has 0 aliphatic carbocycles. The smallest absolute Gasteiger partial charge is 0.242 e. The number of aryl methyl sites for hydroxylation is 1. The summed E-state index contributed by atoms with van der Waals surface area (Å²) in [6.07, 6.45) is 1.98. The highest BCUT2D eigenvalue weighted by Gasteiger charge is 2.34. The molecule has 0 spiro atoms. The van der Waals surface area contributed by atoms with E-state index in [2.05, 4.69) is 0 Å². The summed E-state index contributed by atoms with van der Waals surface area (Å²) in [7, 11) is 0. The highest BCUT2D eigenvalue weighted by atomic mass is 35.5. The summed E-state index contributed by atoms with van der Waals surface area (Å²) in [5.74, 6) is 0.121. The largest absolute Gasteiger partial charge is 0.339 e. The molecule has 1 aromatic carbocycles. The Bertz CT molecular complexity index is 596. The van der Waals surface area contributed by atoms with Gasteiger partial charge in [-0.25, -0.2) is 0 Å². The zero-order valence-corrected chi connectivity index (χ0v) is 16.3. The van der Waals surface area contributed by atoms with Crippen LogP contribution in [0.25, 0.3) is 0 Å². The zero-order valence-electron chi connectivity index (χ0n) is 15.5. The van der Waals surface area contributed by atoms with Gasteiger partial charge in [0, 0.05) is 26.2 Å². The summed E-state index contributed by atoms with van der Waals surface area (Å²) in [4.78, 5) is 28.7. The lowest BCUT2D eigenvalue weighted by Gasteiger charge is -2.38. The van der Waals surface area contributed by atoms with Crippen molar-refractivity contribution in [3.63, 3.8) is 0 Å². The zero-order chi connectivity index (χ0) is 17.7. The van der Waals surface area contributed by atoms with Crippen LogP contribution < -0.4 is 5.73 Å².